The Bertz CT molecular complexity index is 452. The van der Waals surface area contributed by atoms with E-state index < -0.39 is 9.84 Å². The maximum Gasteiger partial charge on any atom is 0.151 e. The van der Waals surface area contributed by atoms with E-state index in [1.807, 2.05) is 32.0 Å². The van der Waals surface area contributed by atoms with Crippen LogP contribution in [-0.4, -0.2) is 26.5 Å². The Morgan fingerprint density at radius 2 is 1.94 bits per heavy atom. The second-order valence-electron chi connectivity index (χ2n) is 3.91. The van der Waals surface area contributed by atoms with Crippen molar-refractivity contribution >= 4 is 15.5 Å². The molecule has 0 radical (unpaired) electrons. The first kappa shape index (κ1) is 13.0. The quantitative estimate of drug-likeness (QED) is 0.859. The molecule has 0 fully saturated rings. The van der Waals surface area contributed by atoms with Crippen molar-refractivity contribution in [2.75, 3.05) is 23.4 Å². The number of benzene rings is 1. The molecule has 0 spiro atoms. The first-order valence-corrected chi connectivity index (χ1v) is 7.29. The third kappa shape index (κ3) is 3.52. The van der Waals surface area contributed by atoms with E-state index in [9.17, 15) is 8.42 Å². The SMILES string of the molecule is CCS(=O)(=O)CCNc1cccc(C)c1C. The Hall–Kier alpha value is -1.03. The molecule has 0 bridgehead atoms. The van der Waals surface area contributed by atoms with Crippen molar-refractivity contribution in [3.8, 4) is 0 Å². The molecule has 0 unspecified atom stereocenters. The molecular formula is C12H19NO2S. The molecule has 1 N–H and O–H groups in total. The number of anilines is 1. The zero-order chi connectivity index (χ0) is 12.2. The second-order valence-corrected chi connectivity index (χ2v) is 6.38. The molecule has 90 valence electrons. The summed E-state index contributed by atoms with van der Waals surface area (Å²) in [5.41, 5.74) is 3.41. The van der Waals surface area contributed by atoms with Crippen LogP contribution in [0.15, 0.2) is 18.2 Å². The standard InChI is InChI=1S/C12H19NO2S/c1-4-16(14,15)9-8-13-12-7-5-6-10(2)11(12)3/h5-7,13H,4,8-9H2,1-3H3. The Balaban J connectivity index is 2.59. The highest BCUT2D eigenvalue weighted by atomic mass is 32.2. The van der Waals surface area contributed by atoms with Gasteiger partial charge in [-0.05, 0) is 31.0 Å². The van der Waals surface area contributed by atoms with Gasteiger partial charge in [-0.25, -0.2) is 8.42 Å². The van der Waals surface area contributed by atoms with Crippen molar-refractivity contribution in [1.29, 1.82) is 0 Å². The largest absolute Gasteiger partial charge is 0.384 e. The molecule has 0 saturated carbocycles. The fourth-order valence-corrected chi connectivity index (χ4v) is 2.13. The van der Waals surface area contributed by atoms with Crippen LogP contribution in [-0.2, 0) is 9.84 Å². The van der Waals surface area contributed by atoms with Crippen LogP contribution < -0.4 is 5.32 Å². The van der Waals surface area contributed by atoms with Crippen molar-refractivity contribution in [1.82, 2.24) is 0 Å². The van der Waals surface area contributed by atoms with Crippen LogP contribution in [0, 0.1) is 13.8 Å². The van der Waals surface area contributed by atoms with Gasteiger partial charge < -0.3 is 5.32 Å². The molecule has 4 heteroatoms. The minimum absolute atomic E-state index is 0.191. The van der Waals surface area contributed by atoms with Gasteiger partial charge in [-0.2, -0.15) is 0 Å². The van der Waals surface area contributed by atoms with E-state index in [1.54, 1.807) is 6.92 Å². The zero-order valence-corrected chi connectivity index (χ0v) is 10.9. The number of sulfone groups is 1. The average molecular weight is 241 g/mol. The Morgan fingerprint density at radius 1 is 1.25 bits per heavy atom. The van der Waals surface area contributed by atoms with Gasteiger partial charge in [0.15, 0.2) is 9.84 Å². The zero-order valence-electron chi connectivity index (χ0n) is 10.1. The van der Waals surface area contributed by atoms with Gasteiger partial charge in [0.2, 0.25) is 0 Å². The van der Waals surface area contributed by atoms with Crippen molar-refractivity contribution < 1.29 is 8.42 Å². The van der Waals surface area contributed by atoms with Crippen molar-refractivity contribution in [2.45, 2.75) is 20.8 Å². The molecule has 0 aliphatic rings. The van der Waals surface area contributed by atoms with Gasteiger partial charge in [0, 0.05) is 18.0 Å². The Morgan fingerprint density at radius 3 is 2.56 bits per heavy atom. The predicted molar refractivity (Wildman–Crippen MR) is 68.7 cm³/mol. The number of aryl methyl sites for hydroxylation is 1. The molecule has 0 aliphatic heterocycles. The van der Waals surface area contributed by atoms with Crippen LogP contribution in [0.2, 0.25) is 0 Å². The summed E-state index contributed by atoms with van der Waals surface area (Å²) in [6.07, 6.45) is 0. The fourth-order valence-electron chi connectivity index (χ4n) is 1.43. The summed E-state index contributed by atoms with van der Waals surface area (Å²) < 4.78 is 22.6. The van der Waals surface area contributed by atoms with Crippen LogP contribution in [0.5, 0.6) is 0 Å². The smallest absolute Gasteiger partial charge is 0.151 e. The summed E-state index contributed by atoms with van der Waals surface area (Å²) in [5.74, 6) is 0.401. The lowest BCUT2D eigenvalue weighted by Gasteiger charge is -2.11. The fraction of sp³-hybridized carbons (Fsp3) is 0.500. The average Bonchev–Trinajstić information content (AvgIpc) is 2.24. The molecule has 0 heterocycles. The molecule has 1 rings (SSSR count). The lowest BCUT2D eigenvalue weighted by molar-refractivity contribution is 0.597. The van der Waals surface area contributed by atoms with Crippen molar-refractivity contribution in [3.05, 3.63) is 29.3 Å². The lowest BCUT2D eigenvalue weighted by atomic mass is 10.1. The molecular weight excluding hydrogens is 222 g/mol. The van der Waals surface area contributed by atoms with E-state index >= 15 is 0 Å². The van der Waals surface area contributed by atoms with Gasteiger partial charge in [0.25, 0.3) is 0 Å². The maximum absolute atomic E-state index is 11.3. The number of hydrogen-bond acceptors (Lipinski definition) is 3. The van der Waals surface area contributed by atoms with E-state index in [1.165, 1.54) is 11.1 Å². The van der Waals surface area contributed by atoms with E-state index in [0.29, 0.717) is 6.54 Å². The predicted octanol–water partition coefficient (Wildman–Crippen LogP) is 2.15. The monoisotopic (exact) mass is 241 g/mol. The first-order valence-electron chi connectivity index (χ1n) is 5.47. The van der Waals surface area contributed by atoms with Crippen LogP contribution in [0.1, 0.15) is 18.1 Å². The summed E-state index contributed by atoms with van der Waals surface area (Å²) in [7, 11) is -2.88. The minimum atomic E-state index is -2.88. The van der Waals surface area contributed by atoms with Gasteiger partial charge in [0.1, 0.15) is 0 Å². The van der Waals surface area contributed by atoms with Gasteiger partial charge >= 0.3 is 0 Å². The van der Waals surface area contributed by atoms with Crippen LogP contribution in [0.3, 0.4) is 0 Å². The summed E-state index contributed by atoms with van der Waals surface area (Å²) >= 11 is 0. The summed E-state index contributed by atoms with van der Waals surface area (Å²) in [5, 5.41) is 3.17. The van der Waals surface area contributed by atoms with Gasteiger partial charge in [-0.1, -0.05) is 19.1 Å². The van der Waals surface area contributed by atoms with E-state index in [2.05, 4.69) is 5.32 Å². The van der Waals surface area contributed by atoms with E-state index in [0.717, 1.165) is 5.69 Å². The van der Waals surface area contributed by atoms with Crippen molar-refractivity contribution in [3.63, 3.8) is 0 Å². The Kier molecular flexibility index (Phi) is 4.35. The highest BCUT2D eigenvalue weighted by Gasteiger charge is 2.07. The number of nitrogens with one attached hydrogen (secondary N) is 1. The molecule has 0 saturated heterocycles. The van der Waals surface area contributed by atoms with Gasteiger partial charge in [-0.3, -0.25) is 0 Å². The Labute approximate surface area is 97.8 Å². The topological polar surface area (TPSA) is 46.2 Å². The molecule has 16 heavy (non-hydrogen) atoms. The number of rotatable bonds is 5. The van der Waals surface area contributed by atoms with Crippen LogP contribution in [0.4, 0.5) is 5.69 Å². The minimum Gasteiger partial charge on any atom is -0.384 e. The normalized spacial score (nSPS) is 11.4. The van der Waals surface area contributed by atoms with E-state index in [4.69, 9.17) is 0 Å². The highest BCUT2D eigenvalue weighted by Crippen LogP contribution is 2.17. The molecule has 3 nitrogen and oxygen atoms in total. The number of hydrogen-bond donors (Lipinski definition) is 1. The summed E-state index contributed by atoms with van der Waals surface area (Å²) in [6.45, 7) is 6.23. The summed E-state index contributed by atoms with van der Waals surface area (Å²) in [4.78, 5) is 0. The van der Waals surface area contributed by atoms with Crippen LogP contribution >= 0.6 is 0 Å². The molecule has 1 aromatic rings. The molecule has 0 amide bonds. The molecule has 0 atom stereocenters. The summed E-state index contributed by atoms with van der Waals surface area (Å²) in [6, 6.07) is 5.99. The van der Waals surface area contributed by atoms with Gasteiger partial charge in [0.05, 0.1) is 5.75 Å². The van der Waals surface area contributed by atoms with Crippen molar-refractivity contribution in [2.24, 2.45) is 0 Å². The first-order chi connectivity index (χ1) is 7.46. The van der Waals surface area contributed by atoms with Gasteiger partial charge in [-0.15, -0.1) is 0 Å². The second kappa shape index (κ2) is 5.34. The molecule has 0 aromatic heterocycles. The lowest BCUT2D eigenvalue weighted by Crippen LogP contribution is -2.17. The van der Waals surface area contributed by atoms with E-state index in [-0.39, 0.29) is 11.5 Å². The third-order valence-electron chi connectivity index (χ3n) is 2.77. The maximum atomic E-state index is 11.3. The molecule has 1 aromatic carbocycles. The molecule has 0 aliphatic carbocycles. The third-order valence-corrected chi connectivity index (χ3v) is 4.48. The highest BCUT2D eigenvalue weighted by molar-refractivity contribution is 7.91. The van der Waals surface area contributed by atoms with Crippen LogP contribution in [0.25, 0.3) is 0 Å².